The molecule has 1 unspecified atom stereocenters. The Bertz CT molecular complexity index is 485. The maximum Gasteiger partial charge on any atom is 0.162 e. The van der Waals surface area contributed by atoms with Gasteiger partial charge in [0.1, 0.15) is 0 Å². The molecule has 0 amide bonds. The van der Waals surface area contributed by atoms with Gasteiger partial charge in [0.2, 0.25) is 0 Å². The maximum absolute atomic E-state index is 12.9. The summed E-state index contributed by atoms with van der Waals surface area (Å²) in [6, 6.07) is 0. The number of carbonyl (C=O) groups is 1. The molecule has 4 rings (SSSR count). The number of piperidine rings is 1. The van der Waals surface area contributed by atoms with Crippen molar-refractivity contribution in [3.8, 4) is 0 Å². The fourth-order valence-corrected chi connectivity index (χ4v) is 6.13. The third-order valence-corrected chi connectivity index (χ3v) is 6.73. The van der Waals surface area contributed by atoms with Crippen molar-refractivity contribution in [2.45, 2.75) is 38.7 Å². The first-order chi connectivity index (χ1) is 9.52. The van der Waals surface area contributed by atoms with Crippen LogP contribution in [0.4, 0.5) is 0 Å². The van der Waals surface area contributed by atoms with Gasteiger partial charge in [-0.05, 0) is 70.0 Å². The maximum atomic E-state index is 12.9. The van der Waals surface area contributed by atoms with Crippen molar-refractivity contribution >= 4 is 5.78 Å². The van der Waals surface area contributed by atoms with Crippen LogP contribution in [0.1, 0.15) is 32.6 Å². The summed E-state index contributed by atoms with van der Waals surface area (Å²) in [7, 11) is 2.18. The van der Waals surface area contributed by atoms with Gasteiger partial charge in [0, 0.05) is 17.9 Å². The number of hydrogen-bond acceptors (Lipinski definition) is 3. The van der Waals surface area contributed by atoms with Crippen molar-refractivity contribution in [1.29, 1.82) is 0 Å². The number of aliphatic hydroxyl groups is 1. The number of hydrogen-bond donors (Lipinski definition) is 1. The minimum absolute atomic E-state index is 0.209. The third-order valence-electron chi connectivity index (χ3n) is 6.73. The van der Waals surface area contributed by atoms with Crippen LogP contribution in [0.3, 0.4) is 0 Å². The van der Waals surface area contributed by atoms with Gasteiger partial charge in [0.15, 0.2) is 5.78 Å². The second-order valence-electron chi connectivity index (χ2n) is 7.80. The zero-order valence-electron chi connectivity index (χ0n) is 12.5. The molecule has 6 atom stereocenters. The molecule has 0 radical (unpaired) electrons. The van der Waals surface area contributed by atoms with E-state index >= 15 is 0 Å². The van der Waals surface area contributed by atoms with E-state index in [9.17, 15) is 9.90 Å². The average Bonchev–Trinajstić information content (AvgIpc) is 2.83. The van der Waals surface area contributed by atoms with Gasteiger partial charge in [-0.2, -0.15) is 0 Å². The molecule has 4 aliphatic rings. The molecular weight excluding hydrogens is 250 g/mol. The largest absolute Gasteiger partial charge is 0.393 e. The molecule has 2 saturated carbocycles. The lowest BCUT2D eigenvalue weighted by Crippen LogP contribution is -2.42. The topological polar surface area (TPSA) is 40.5 Å². The van der Waals surface area contributed by atoms with E-state index in [1.807, 2.05) is 6.08 Å². The van der Waals surface area contributed by atoms with Gasteiger partial charge >= 0.3 is 0 Å². The minimum Gasteiger partial charge on any atom is -0.393 e. The van der Waals surface area contributed by atoms with Crippen molar-refractivity contribution in [2.24, 2.45) is 29.1 Å². The molecule has 0 aromatic heterocycles. The summed E-state index contributed by atoms with van der Waals surface area (Å²) in [6.45, 7) is 4.30. The Hall–Kier alpha value is -0.670. The summed E-state index contributed by atoms with van der Waals surface area (Å²) < 4.78 is 0. The van der Waals surface area contributed by atoms with Crippen molar-refractivity contribution < 1.29 is 9.90 Å². The smallest absolute Gasteiger partial charge is 0.162 e. The number of likely N-dealkylation sites (tertiary alicyclic amines) is 1. The van der Waals surface area contributed by atoms with Crippen LogP contribution in [0, 0.1) is 29.1 Å². The van der Waals surface area contributed by atoms with Crippen LogP contribution < -0.4 is 0 Å². The van der Waals surface area contributed by atoms with E-state index in [1.54, 1.807) is 0 Å². The van der Waals surface area contributed by atoms with Crippen molar-refractivity contribution in [3.63, 3.8) is 0 Å². The van der Waals surface area contributed by atoms with Crippen LogP contribution in [-0.4, -0.2) is 42.0 Å². The Morgan fingerprint density at radius 1 is 1.45 bits per heavy atom. The van der Waals surface area contributed by atoms with E-state index in [1.165, 1.54) is 5.57 Å². The zero-order valence-corrected chi connectivity index (χ0v) is 12.5. The van der Waals surface area contributed by atoms with Gasteiger partial charge < -0.3 is 10.0 Å². The van der Waals surface area contributed by atoms with Crippen molar-refractivity contribution in [1.82, 2.24) is 4.90 Å². The Kier molecular flexibility index (Phi) is 2.72. The molecule has 20 heavy (non-hydrogen) atoms. The number of allylic oxidation sites excluding steroid dienone is 2. The van der Waals surface area contributed by atoms with E-state index < -0.39 is 0 Å². The van der Waals surface area contributed by atoms with Gasteiger partial charge in [0.25, 0.3) is 0 Å². The van der Waals surface area contributed by atoms with Gasteiger partial charge in [-0.25, -0.2) is 0 Å². The van der Waals surface area contributed by atoms with Gasteiger partial charge in [-0.1, -0.05) is 5.57 Å². The van der Waals surface area contributed by atoms with Crippen LogP contribution in [0.5, 0.6) is 0 Å². The second-order valence-corrected chi connectivity index (χ2v) is 7.80. The summed E-state index contributed by atoms with van der Waals surface area (Å²) >= 11 is 0. The molecular formula is C17H25NO2. The number of rotatable bonds is 0. The Morgan fingerprint density at radius 3 is 3.05 bits per heavy atom. The summed E-state index contributed by atoms with van der Waals surface area (Å²) in [6.07, 6.45) is 5.70. The van der Waals surface area contributed by atoms with Gasteiger partial charge in [-0.3, -0.25) is 4.79 Å². The van der Waals surface area contributed by atoms with E-state index in [0.29, 0.717) is 23.5 Å². The summed E-state index contributed by atoms with van der Waals surface area (Å²) in [5, 5.41) is 10.6. The number of nitrogens with zero attached hydrogens (tertiary/aromatic N) is 1. The van der Waals surface area contributed by atoms with Crippen LogP contribution >= 0.6 is 0 Å². The van der Waals surface area contributed by atoms with Crippen molar-refractivity contribution in [2.75, 3.05) is 20.1 Å². The van der Waals surface area contributed by atoms with E-state index in [-0.39, 0.29) is 17.4 Å². The first-order valence-electron chi connectivity index (χ1n) is 8.10. The highest BCUT2D eigenvalue weighted by Crippen LogP contribution is 2.66. The normalized spacial score (nSPS) is 51.5. The molecule has 1 N–H and O–H groups in total. The van der Waals surface area contributed by atoms with Crippen molar-refractivity contribution in [3.05, 3.63) is 11.6 Å². The number of ketones is 1. The molecule has 0 aromatic carbocycles. The summed E-state index contributed by atoms with van der Waals surface area (Å²) in [5.74, 6) is 2.16. The molecule has 1 aliphatic heterocycles. The second kappa shape index (κ2) is 4.17. The third kappa shape index (κ3) is 1.51. The predicted molar refractivity (Wildman–Crippen MR) is 77.1 cm³/mol. The first kappa shape index (κ1) is 13.0. The van der Waals surface area contributed by atoms with Crippen LogP contribution in [0.25, 0.3) is 0 Å². The highest BCUT2D eigenvalue weighted by Gasteiger charge is 2.67. The average molecular weight is 275 g/mol. The Labute approximate surface area is 121 Å². The number of fused-ring (bicyclic) bond motifs is 2. The predicted octanol–water partition coefficient (Wildman–Crippen LogP) is 1.86. The fraction of sp³-hybridized carbons (Fsp3) is 0.824. The first-order valence-corrected chi connectivity index (χ1v) is 8.10. The van der Waals surface area contributed by atoms with E-state index in [2.05, 4.69) is 18.9 Å². The highest BCUT2D eigenvalue weighted by molar-refractivity contribution is 5.97. The van der Waals surface area contributed by atoms with E-state index in [0.717, 1.165) is 38.8 Å². The molecule has 1 saturated heterocycles. The monoisotopic (exact) mass is 275 g/mol. The van der Waals surface area contributed by atoms with Crippen LogP contribution in [0.15, 0.2) is 11.6 Å². The lowest BCUT2D eigenvalue weighted by molar-refractivity contribution is -0.129. The molecule has 1 heterocycles. The molecule has 3 nitrogen and oxygen atoms in total. The van der Waals surface area contributed by atoms with Crippen LogP contribution in [-0.2, 0) is 4.79 Å². The minimum atomic E-state index is -0.248. The fourth-order valence-electron chi connectivity index (χ4n) is 6.13. The van der Waals surface area contributed by atoms with Crippen LogP contribution in [0.2, 0.25) is 0 Å². The molecule has 3 fully saturated rings. The Balaban J connectivity index is 1.76. The Morgan fingerprint density at radius 2 is 2.25 bits per heavy atom. The lowest BCUT2D eigenvalue weighted by atomic mass is 9.64. The molecule has 110 valence electrons. The van der Waals surface area contributed by atoms with Gasteiger partial charge in [-0.15, -0.1) is 0 Å². The lowest BCUT2D eigenvalue weighted by Gasteiger charge is -2.38. The summed E-state index contributed by atoms with van der Waals surface area (Å²) in [5.41, 5.74) is 1.00. The standard InChI is InChI=1S/C17H25NO2/c1-10-5-12-7-14(19)16-13-3-4-18(2)9-11(13)8-17(12,16)15(20)6-10/h6,11-14,16,19H,3-5,7-9H2,1-2H3/t11-,12+,13+,14+,16?,17-/m1/s1. The quantitative estimate of drug-likeness (QED) is 0.733. The van der Waals surface area contributed by atoms with Gasteiger partial charge in [0.05, 0.1) is 6.10 Å². The SMILES string of the molecule is CC1=CC(=O)[C@]23C[C@@H]4CN(C)CC[C@@H]4C2[C@@H](O)C[C@@H]3C1. The molecule has 1 spiro atoms. The zero-order chi connectivity index (χ0) is 14.1. The molecule has 0 bridgehead atoms. The summed E-state index contributed by atoms with van der Waals surface area (Å²) in [4.78, 5) is 15.3. The number of aliphatic hydroxyl groups excluding tert-OH is 1. The molecule has 3 heteroatoms. The number of carbonyl (C=O) groups excluding carboxylic acids is 1. The van der Waals surface area contributed by atoms with E-state index in [4.69, 9.17) is 0 Å². The molecule has 0 aromatic rings. The molecule has 3 aliphatic carbocycles. The highest BCUT2D eigenvalue weighted by atomic mass is 16.3.